The van der Waals surface area contributed by atoms with Crippen LogP contribution in [0.3, 0.4) is 0 Å². The molecule has 2 atom stereocenters. The first-order chi connectivity index (χ1) is 9.31. The van der Waals surface area contributed by atoms with Crippen molar-refractivity contribution in [2.75, 3.05) is 5.75 Å². The lowest BCUT2D eigenvalue weighted by molar-refractivity contribution is 0.682. The van der Waals surface area contributed by atoms with Crippen LogP contribution < -0.4 is 0 Å². The number of hydrogen-bond donors (Lipinski definition) is 0. The molecule has 0 aromatic heterocycles. The molecule has 3 rings (SSSR count). The van der Waals surface area contributed by atoms with Crippen molar-refractivity contribution in [3.63, 3.8) is 0 Å². The Hall–Kier alpha value is -1.06. The van der Waals surface area contributed by atoms with E-state index in [0.717, 1.165) is 10.6 Å². The van der Waals surface area contributed by atoms with Crippen molar-refractivity contribution in [2.24, 2.45) is 0 Å². The molecule has 0 bridgehead atoms. The maximum absolute atomic E-state index is 12.5. The topological polar surface area (TPSA) is 17.1 Å². The van der Waals surface area contributed by atoms with Gasteiger partial charge in [-0.25, -0.2) is 0 Å². The Labute approximate surface area is 120 Å². The minimum absolute atomic E-state index is 0.309. The lowest BCUT2D eigenvalue weighted by atomic mass is 10.0. The molecule has 3 heteroatoms. The maximum Gasteiger partial charge on any atom is 0.0577 e. The highest BCUT2D eigenvalue weighted by molar-refractivity contribution is 7.99. The minimum atomic E-state index is -0.931. The van der Waals surface area contributed by atoms with E-state index in [2.05, 4.69) is 31.2 Å². The molecular weight excluding hydrogens is 272 g/mol. The molecule has 1 aliphatic rings. The van der Waals surface area contributed by atoms with Crippen molar-refractivity contribution in [1.29, 1.82) is 0 Å². The molecule has 2 aromatic carbocycles. The molecule has 98 valence electrons. The molecule has 0 amide bonds. The van der Waals surface area contributed by atoms with Gasteiger partial charge in [-0.1, -0.05) is 49.4 Å². The van der Waals surface area contributed by atoms with Gasteiger partial charge in [-0.2, -0.15) is 0 Å². The van der Waals surface area contributed by atoms with Gasteiger partial charge in [-0.3, -0.25) is 4.21 Å². The SMILES string of the molecule is CCSC1c2ccccc2CS(=O)c2ccccc21. The van der Waals surface area contributed by atoms with Crippen LogP contribution in [0.4, 0.5) is 0 Å². The van der Waals surface area contributed by atoms with Crippen molar-refractivity contribution in [3.05, 3.63) is 65.2 Å². The van der Waals surface area contributed by atoms with E-state index < -0.39 is 10.8 Å². The van der Waals surface area contributed by atoms with Crippen molar-refractivity contribution in [3.8, 4) is 0 Å². The van der Waals surface area contributed by atoms with Crippen LogP contribution in [0, 0.1) is 0 Å². The molecule has 1 nitrogen and oxygen atoms in total. The molecule has 0 aliphatic carbocycles. The highest BCUT2D eigenvalue weighted by atomic mass is 32.2. The first kappa shape index (κ1) is 12.9. The van der Waals surface area contributed by atoms with Crippen molar-refractivity contribution >= 4 is 22.6 Å². The van der Waals surface area contributed by atoms with Crippen molar-refractivity contribution < 1.29 is 4.21 Å². The summed E-state index contributed by atoms with van der Waals surface area (Å²) >= 11 is 1.92. The van der Waals surface area contributed by atoms with Gasteiger partial charge in [0.05, 0.1) is 21.8 Å². The average molecular weight is 288 g/mol. The van der Waals surface area contributed by atoms with Gasteiger partial charge in [0, 0.05) is 4.90 Å². The maximum atomic E-state index is 12.5. The van der Waals surface area contributed by atoms with Gasteiger partial charge >= 0.3 is 0 Å². The fraction of sp³-hybridized carbons (Fsp3) is 0.250. The zero-order valence-corrected chi connectivity index (χ0v) is 12.5. The monoisotopic (exact) mass is 288 g/mol. The highest BCUT2D eigenvalue weighted by Crippen LogP contribution is 2.42. The molecule has 0 saturated heterocycles. The van der Waals surface area contributed by atoms with Crippen LogP contribution in [0.2, 0.25) is 0 Å². The summed E-state index contributed by atoms with van der Waals surface area (Å²) in [5.74, 6) is 1.69. The van der Waals surface area contributed by atoms with E-state index in [-0.39, 0.29) is 0 Å². The Morgan fingerprint density at radius 3 is 2.58 bits per heavy atom. The Morgan fingerprint density at radius 2 is 1.79 bits per heavy atom. The predicted octanol–water partition coefficient (Wildman–Crippen LogP) is 4.15. The van der Waals surface area contributed by atoms with Crippen LogP contribution in [0.15, 0.2) is 53.4 Å². The number of hydrogen-bond acceptors (Lipinski definition) is 2. The summed E-state index contributed by atoms with van der Waals surface area (Å²) in [6.07, 6.45) is 0. The second kappa shape index (κ2) is 5.51. The Kier molecular flexibility index (Phi) is 3.76. The molecule has 0 saturated carbocycles. The lowest BCUT2D eigenvalue weighted by Crippen LogP contribution is -2.00. The van der Waals surface area contributed by atoms with Gasteiger partial charge in [-0.05, 0) is 28.5 Å². The number of thioether (sulfide) groups is 1. The Bertz CT molecular complexity index is 622. The molecule has 1 aliphatic heterocycles. The third kappa shape index (κ3) is 2.37. The highest BCUT2D eigenvalue weighted by Gasteiger charge is 2.26. The third-order valence-corrected chi connectivity index (χ3v) is 6.01. The first-order valence-corrected chi connectivity index (χ1v) is 8.84. The van der Waals surface area contributed by atoms with E-state index in [1.165, 1.54) is 16.7 Å². The van der Waals surface area contributed by atoms with E-state index in [1.807, 2.05) is 36.0 Å². The van der Waals surface area contributed by atoms with Crippen molar-refractivity contribution in [1.82, 2.24) is 0 Å². The quantitative estimate of drug-likeness (QED) is 0.825. The third-order valence-electron chi connectivity index (χ3n) is 3.40. The molecule has 0 spiro atoms. The smallest absolute Gasteiger partial charge is 0.0577 e. The van der Waals surface area contributed by atoms with E-state index >= 15 is 0 Å². The van der Waals surface area contributed by atoms with Crippen LogP contribution in [0.5, 0.6) is 0 Å². The molecule has 2 unspecified atom stereocenters. The summed E-state index contributed by atoms with van der Waals surface area (Å²) in [6.45, 7) is 2.18. The van der Waals surface area contributed by atoms with Crippen LogP contribution >= 0.6 is 11.8 Å². The number of fused-ring (bicyclic) bond motifs is 2. The summed E-state index contributed by atoms with van der Waals surface area (Å²) in [6, 6.07) is 16.6. The van der Waals surface area contributed by atoms with E-state index in [0.29, 0.717) is 11.0 Å². The molecule has 19 heavy (non-hydrogen) atoms. The Morgan fingerprint density at radius 1 is 1.11 bits per heavy atom. The standard InChI is InChI=1S/C16H16OS2/c1-2-18-16-13-8-4-3-7-12(13)11-19(17)15-10-6-5-9-14(15)16/h3-10,16H,2,11H2,1H3. The molecular formula is C16H16OS2. The van der Waals surface area contributed by atoms with Gasteiger partial charge in [0.15, 0.2) is 0 Å². The Balaban J connectivity index is 2.22. The molecule has 0 N–H and O–H groups in total. The fourth-order valence-electron chi connectivity index (χ4n) is 2.56. The van der Waals surface area contributed by atoms with E-state index in [4.69, 9.17) is 0 Å². The van der Waals surface area contributed by atoms with Crippen LogP contribution in [0.1, 0.15) is 28.9 Å². The van der Waals surface area contributed by atoms with E-state index in [1.54, 1.807) is 0 Å². The first-order valence-electron chi connectivity index (χ1n) is 6.48. The summed E-state index contributed by atoms with van der Waals surface area (Å²) in [5, 5.41) is 0.309. The average Bonchev–Trinajstić information content (AvgIpc) is 2.56. The van der Waals surface area contributed by atoms with Gasteiger partial charge in [-0.15, -0.1) is 11.8 Å². The molecule has 0 radical (unpaired) electrons. The zero-order chi connectivity index (χ0) is 13.2. The van der Waals surface area contributed by atoms with E-state index in [9.17, 15) is 4.21 Å². The molecule has 0 fully saturated rings. The predicted molar refractivity (Wildman–Crippen MR) is 83.0 cm³/mol. The molecule has 2 aromatic rings. The largest absolute Gasteiger partial charge is 0.254 e. The van der Waals surface area contributed by atoms with Crippen LogP contribution in [0.25, 0.3) is 0 Å². The number of rotatable bonds is 2. The minimum Gasteiger partial charge on any atom is -0.254 e. The second-order valence-corrected chi connectivity index (χ2v) is 7.36. The second-order valence-electron chi connectivity index (χ2n) is 4.56. The van der Waals surface area contributed by atoms with Gasteiger partial charge in [0.25, 0.3) is 0 Å². The summed E-state index contributed by atoms with van der Waals surface area (Å²) < 4.78 is 12.5. The van der Waals surface area contributed by atoms with Gasteiger partial charge in [0.1, 0.15) is 0 Å². The summed E-state index contributed by atoms with van der Waals surface area (Å²) in [7, 11) is -0.931. The number of benzene rings is 2. The fourth-order valence-corrected chi connectivity index (χ4v) is 5.14. The van der Waals surface area contributed by atoms with Gasteiger partial charge in [0.2, 0.25) is 0 Å². The zero-order valence-electron chi connectivity index (χ0n) is 10.8. The van der Waals surface area contributed by atoms with Crippen LogP contribution in [-0.4, -0.2) is 9.96 Å². The van der Waals surface area contributed by atoms with Gasteiger partial charge < -0.3 is 0 Å². The normalized spacial score (nSPS) is 21.3. The lowest BCUT2D eigenvalue weighted by Gasteiger charge is -2.18. The van der Waals surface area contributed by atoms with Crippen molar-refractivity contribution in [2.45, 2.75) is 22.8 Å². The summed E-state index contributed by atoms with van der Waals surface area (Å²) in [4.78, 5) is 1.00. The summed E-state index contributed by atoms with van der Waals surface area (Å²) in [5.41, 5.74) is 3.77. The van der Waals surface area contributed by atoms with Crippen LogP contribution in [-0.2, 0) is 16.6 Å². The molecule has 1 heterocycles.